The quantitative estimate of drug-likeness (QED) is 0.847. The van der Waals surface area contributed by atoms with Crippen molar-refractivity contribution in [1.29, 1.82) is 0 Å². The normalized spacial score (nSPS) is 26.3. The second-order valence-corrected chi connectivity index (χ2v) is 7.35. The lowest BCUT2D eigenvalue weighted by atomic mass is 9.96. The highest BCUT2D eigenvalue weighted by Gasteiger charge is 2.39. The number of hydrogen-bond donors (Lipinski definition) is 2. The standard InChI is InChI=1S/C17H19N3OS/c18-16-15(14(21)11-4-2-1-3-5-11)22-17(20-16)19-13-9-10-6-7-12(13)8-10/h1-5,10,12-13H,6-9,18H2,(H,19,20). The van der Waals surface area contributed by atoms with E-state index in [1.807, 2.05) is 30.3 Å². The van der Waals surface area contributed by atoms with Gasteiger partial charge in [-0.15, -0.1) is 0 Å². The van der Waals surface area contributed by atoms with Gasteiger partial charge >= 0.3 is 0 Å². The van der Waals surface area contributed by atoms with Crippen LogP contribution in [0.2, 0.25) is 0 Å². The van der Waals surface area contributed by atoms with E-state index in [0.717, 1.165) is 17.0 Å². The number of anilines is 2. The molecule has 2 bridgehead atoms. The molecule has 1 aromatic carbocycles. The maximum atomic E-state index is 12.5. The number of nitrogens with zero attached hydrogens (tertiary/aromatic N) is 1. The molecule has 4 rings (SSSR count). The number of nitrogen functional groups attached to an aromatic ring is 1. The number of aromatic nitrogens is 1. The summed E-state index contributed by atoms with van der Waals surface area (Å²) in [5.41, 5.74) is 6.63. The van der Waals surface area contributed by atoms with Crippen LogP contribution in [0, 0.1) is 11.8 Å². The zero-order chi connectivity index (χ0) is 15.1. The molecule has 1 heterocycles. The van der Waals surface area contributed by atoms with E-state index in [-0.39, 0.29) is 5.78 Å². The average Bonchev–Trinajstić information content (AvgIpc) is 3.23. The van der Waals surface area contributed by atoms with Crippen LogP contribution in [0.1, 0.15) is 40.9 Å². The molecule has 0 radical (unpaired) electrons. The van der Waals surface area contributed by atoms with Gasteiger partial charge in [0.05, 0.1) is 0 Å². The lowest BCUT2D eigenvalue weighted by Gasteiger charge is -2.22. The molecule has 1 aromatic heterocycles. The van der Waals surface area contributed by atoms with Crippen molar-refractivity contribution in [1.82, 2.24) is 4.98 Å². The Morgan fingerprint density at radius 1 is 1.23 bits per heavy atom. The SMILES string of the molecule is Nc1nc(NC2CC3CCC2C3)sc1C(=O)c1ccccc1. The molecule has 4 nitrogen and oxygen atoms in total. The summed E-state index contributed by atoms with van der Waals surface area (Å²) in [7, 11) is 0. The number of nitrogens with two attached hydrogens (primary N) is 1. The molecule has 2 aliphatic carbocycles. The summed E-state index contributed by atoms with van der Waals surface area (Å²) >= 11 is 1.38. The Balaban J connectivity index is 1.53. The molecular weight excluding hydrogens is 294 g/mol. The molecule has 2 aromatic rings. The van der Waals surface area contributed by atoms with Gasteiger partial charge in [-0.2, -0.15) is 0 Å². The first-order valence-corrected chi connectivity index (χ1v) is 8.65. The van der Waals surface area contributed by atoms with Gasteiger partial charge in [0.25, 0.3) is 0 Å². The minimum absolute atomic E-state index is 0.0448. The van der Waals surface area contributed by atoms with Crippen LogP contribution in [0.3, 0.4) is 0 Å². The Kier molecular flexibility index (Phi) is 3.37. The van der Waals surface area contributed by atoms with E-state index in [9.17, 15) is 4.79 Å². The summed E-state index contributed by atoms with van der Waals surface area (Å²) in [5, 5.41) is 4.30. The first kappa shape index (κ1) is 13.8. The van der Waals surface area contributed by atoms with Crippen molar-refractivity contribution in [3.63, 3.8) is 0 Å². The van der Waals surface area contributed by atoms with Gasteiger partial charge in [0.2, 0.25) is 5.78 Å². The van der Waals surface area contributed by atoms with Gasteiger partial charge in [-0.3, -0.25) is 4.79 Å². The van der Waals surface area contributed by atoms with Gasteiger partial charge in [-0.25, -0.2) is 4.98 Å². The molecule has 0 amide bonds. The average molecular weight is 313 g/mol. The molecule has 114 valence electrons. The molecule has 0 saturated heterocycles. The number of carbonyl (C=O) groups is 1. The van der Waals surface area contributed by atoms with Crippen molar-refractivity contribution in [3.05, 3.63) is 40.8 Å². The molecule has 22 heavy (non-hydrogen) atoms. The van der Waals surface area contributed by atoms with E-state index < -0.39 is 0 Å². The first-order valence-electron chi connectivity index (χ1n) is 7.83. The molecule has 0 aliphatic heterocycles. The van der Waals surface area contributed by atoms with Crippen molar-refractivity contribution in [2.45, 2.75) is 31.7 Å². The Morgan fingerprint density at radius 2 is 2.05 bits per heavy atom. The van der Waals surface area contributed by atoms with Crippen LogP contribution in [-0.4, -0.2) is 16.8 Å². The van der Waals surface area contributed by atoms with E-state index in [2.05, 4.69) is 10.3 Å². The van der Waals surface area contributed by atoms with Crippen molar-refractivity contribution >= 4 is 28.1 Å². The number of benzene rings is 1. The minimum atomic E-state index is -0.0448. The Morgan fingerprint density at radius 3 is 2.73 bits per heavy atom. The number of rotatable bonds is 4. The van der Waals surface area contributed by atoms with Crippen LogP contribution < -0.4 is 11.1 Å². The zero-order valence-electron chi connectivity index (χ0n) is 12.3. The first-order chi connectivity index (χ1) is 10.7. The highest BCUT2D eigenvalue weighted by Crippen LogP contribution is 2.46. The predicted molar refractivity (Wildman–Crippen MR) is 89.3 cm³/mol. The topological polar surface area (TPSA) is 68.0 Å². The Labute approximate surface area is 133 Å². The number of ketones is 1. The van der Waals surface area contributed by atoms with Gasteiger partial charge in [0.1, 0.15) is 10.7 Å². The predicted octanol–water partition coefficient (Wildman–Crippen LogP) is 3.56. The Bertz CT molecular complexity index is 697. The third-order valence-electron chi connectivity index (χ3n) is 4.94. The number of fused-ring (bicyclic) bond motifs is 2. The maximum Gasteiger partial charge on any atom is 0.206 e. The van der Waals surface area contributed by atoms with Gasteiger partial charge in [0, 0.05) is 11.6 Å². The highest BCUT2D eigenvalue weighted by atomic mass is 32.1. The fraction of sp³-hybridized carbons (Fsp3) is 0.412. The van der Waals surface area contributed by atoms with E-state index >= 15 is 0 Å². The third kappa shape index (κ3) is 2.39. The van der Waals surface area contributed by atoms with E-state index in [1.54, 1.807) is 0 Å². The van der Waals surface area contributed by atoms with E-state index in [0.29, 0.717) is 22.3 Å². The van der Waals surface area contributed by atoms with Gasteiger partial charge < -0.3 is 11.1 Å². The number of carbonyl (C=O) groups excluding carboxylic acids is 1. The van der Waals surface area contributed by atoms with Gasteiger partial charge in [-0.1, -0.05) is 48.1 Å². The molecule has 3 atom stereocenters. The van der Waals surface area contributed by atoms with Crippen LogP contribution in [0.25, 0.3) is 0 Å². The second kappa shape index (κ2) is 5.39. The molecular formula is C17H19N3OS. The maximum absolute atomic E-state index is 12.5. The highest BCUT2D eigenvalue weighted by molar-refractivity contribution is 7.18. The zero-order valence-corrected chi connectivity index (χ0v) is 13.1. The lowest BCUT2D eigenvalue weighted by Crippen LogP contribution is -2.25. The number of nitrogens with one attached hydrogen (secondary N) is 1. The van der Waals surface area contributed by atoms with Crippen molar-refractivity contribution in [3.8, 4) is 0 Å². The van der Waals surface area contributed by atoms with Crippen LogP contribution in [-0.2, 0) is 0 Å². The molecule has 2 saturated carbocycles. The third-order valence-corrected chi connectivity index (χ3v) is 5.94. The number of thiazole rings is 1. The molecule has 5 heteroatoms. The smallest absolute Gasteiger partial charge is 0.206 e. The summed E-state index contributed by atoms with van der Waals surface area (Å²) in [5.74, 6) is 1.94. The summed E-state index contributed by atoms with van der Waals surface area (Å²) < 4.78 is 0. The van der Waals surface area contributed by atoms with Gasteiger partial charge in [-0.05, 0) is 31.1 Å². The molecule has 3 unspecified atom stereocenters. The Hall–Kier alpha value is -1.88. The second-order valence-electron chi connectivity index (χ2n) is 6.35. The summed E-state index contributed by atoms with van der Waals surface area (Å²) in [6, 6.07) is 9.74. The van der Waals surface area contributed by atoms with E-state index in [4.69, 9.17) is 5.73 Å². The molecule has 3 N–H and O–H groups in total. The van der Waals surface area contributed by atoms with Crippen LogP contribution in [0.15, 0.2) is 30.3 Å². The van der Waals surface area contributed by atoms with Crippen molar-refractivity contribution in [2.75, 3.05) is 11.1 Å². The lowest BCUT2D eigenvalue weighted by molar-refractivity contribution is 0.104. The van der Waals surface area contributed by atoms with Crippen LogP contribution in [0.5, 0.6) is 0 Å². The minimum Gasteiger partial charge on any atom is -0.382 e. The van der Waals surface area contributed by atoms with E-state index in [1.165, 1.54) is 37.0 Å². The molecule has 0 spiro atoms. The summed E-state index contributed by atoms with van der Waals surface area (Å²) in [6.07, 6.45) is 5.26. The molecule has 2 fully saturated rings. The van der Waals surface area contributed by atoms with Gasteiger partial charge in [0.15, 0.2) is 5.13 Å². The van der Waals surface area contributed by atoms with Crippen LogP contribution >= 0.6 is 11.3 Å². The number of hydrogen-bond acceptors (Lipinski definition) is 5. The largest absolute Gasteiger partial charge is 0.382 e. The van der Waals surface area contributed by atoms with Crippen LogP contribution in [0.4, 0.5) is 10.9 Å². The fourth-order valence-electron chi connectivity index (χ4n) is 3.86. The van der Waals surface area contributed by atoms with Crippen molar-refractivity contribution < 1.29 is 4.79 Å². The monoisotopic (exact) mass is 313 g/mol. The fourth-order valence-corrected chi connectivity index (χ4v) is 4.77. The summed E-state index contributed by atoms with van der Waals surface area (Å²) in [4.78, 5) is 17.4. The molecule has 2 aliphatic rings. The van der Waals surface area contributed by atoms with Crippen molar-refractivity contribution in [2.24, 2.45) is 11.8 Å². The summed E-state index contributed by atoms with van der Waals surface area (Å²) in [6.45, 7) is 0.